The van der Waals surface area contributed by atoms with Gasteiger partial charge in [0.1, 0.15) is 0 Å². The number of aliphatic carboxylic acids is 1. The van der Waals surface area contributed by atoms with Gasteiger partial charge >= 0.3 is 11.7 Å². The number of aromatic nitrogens is 2. The van der Waals surface area contributed by atoms with Gasteiger partial charge in [-0.1, -0.05) is 34.6 Å². The lowest BCUT2D eigenvalue weighted by Gasteiger charge is -2.31. The minimum absolute atomic E-state index is 0.0501. The molecule has 21 heavy (non-hydrogen) atoms. The van der Waals surface area contributed by atoms with Crippen molar-refractivity contribution < 1.29 is 9.90 Å². The number of carboxylic acids is 1. The molecule has 118 valence electrons. The zero-order valence-electron chi connectivity index (χ0n) is 13.9. The van der Waals surface area contributed by atoms with Crippen molar-refractivity contribution >= 4 is 5.97 Å². The molecular weight excluding hydrogens is 268 g/mol. The molecule has 0 radical (unpaired) electrons. The fourth-order valence-corrected chi connectivity index (χ4v) is 2.48. The minimum Gasteiger partial charge on any atom is -0.481 e. The summed E-state index contributed by atoms with van der Waals surface area (Å²) in [6.45, 7) is 12.0. The Hall–Kier alpha value is -1.65. The van der Waals surface area contributed by atoms with E-state index in [0.717, 1.165) is 5.69 Å². The highest BCUT2D eigenvalue weighted by atomic mass is 16.4. The lowest BCUT2D eigenvalue weighted by molar-refractivity contribution is -0.136. The van der Waals surface area contributed by atoms with Gasteiger partial charge in [0.25, 0.3) is 0 Å². The maximum atomic E-state index is 12.4. The Balaban J connectivity index is 3.65. The van der Waals surface area contributed by atoms with Gasteiger partial charge in [-0.2, -0.15) is 4.98 Å². The Morgan fingerprint density at radius 2 is 1.86 bits per heavy atom. The van der Waals surface area contributed by atoms with Crippen LogP contribution in [-0.4, -0.2) is 20.6 Å². The van der Waals surface area contributed by atoms with E-state index in [1.807, 2.05) is 20.8 Å². The van der Waals surface area contributed by atoms with Crippen LogP contribution in [0.5, 0.6) is 0 Å². The summed E-state index contributed by atoms with van der Waals surface area (Å²) >= 11 is 0. The first kappa shape index (κ1) is 17.4. The average molecular weight is 294 g/mol. The second kappa shape index (κ2) is 6.41. The molecular formula is C16H26N2O3. The van der Waals surface area contributed by atoms with Gasteiger partial charge in [-0.15, -0.1) is 0 Å². The van der Waals surface area contributed by atoms with Crippen LogP contribution in [0.1, 0.15) is 64.5 Å². The summed E-state index contributed by atoms with van der Waals surface area (Å²) in [6, 6.07) is -0.0501. The molecule has 1 aromatic heterocycles. The van der Waals surface area contributed by atoms with E-state index in [4.69, 9.17) is 5.11 Å². The molecule has 1 rings (SSSR count). The molecule has 5 heteroatoms. The summed E-state index contributed by atoms with van der Waals surface area (Å²) in [7, 11) is 0. The third-order valence-corrected chi connectivity index (χ3v) is 4.06. The van der Waals surface area contributed by atoms with E-state index in [-0.39, 0.29) is 23.6 Å². The van der Waals surface area contributed by atoms with E-state index in [1.54, 1.807) is 4.57 Å². The number of hydrogen-bond donors (Lipinski definition) is 1. The van der Waals surface area contributed by atoms with E-state index in [0.29, 0.717) is 24.1 Å². The molecule has 0 aliphatic carbocycles. The number of hydrogen-bond acceptors (Lipinski definition) is 3. The quantitative estimate of drug-likeness (QED) is 0.906. The van der Waals surface area contributed by atoms with Gasteiger partial charge in [-0.05, 0) is 25.2 Å². The summed E-state index contributed by atoms with van der Waals surface area (Å²) < 4.78 is 1.68. The first-order chi connectivity index (χ1) is 9.63. The number of carboxylic acid groups (broad SMARTS) is 1. The van der Waals surface area contributed by atoms with Crippen LogP contribution in [0.3, 0.4) is 0 Å². The van der Waals surface area contributed by atoms with E-state index >= 15 is 0 Å². The van der Waals surface area contributed by atoms with Gasteiger partial charge in [0.2, 0.25) is 0 Å². The number of nitrogens with zero attached hydrogens (tertiary/aromatic N) is 2. The van der Waals surface area contributed by atoms with Crippen LogP contribution in [0.25, 0.3) is 0 Å². The molecule has 0 spiro atoms. The van der Waals surface area contributed by atoms with Gasteiger partial charge in [0.15, 0.2) is 0 Å². The highest BCUT2D eigenvalue weighted by Crippen LogP contribution is 2.31. The number of rotatable bonds is 5. The monoisotopic (exact) mass is 294 g/mol. The van der Waals surface area contributed by atoms with Gasteiger partial charge in [-0.25, -0.2) is 4.79 Å². The van der Waals surface area contributed by atoms with E-state index < -0.39 is 5.97 Å². The van der Waals surface area contributed by atoms with Crippen molar-refractivity contribution in [1.29, 1.82) is 0 Å². The molecule has 0 aliphatic rings. The minimum atomic E-state index is -0.894. The summed E-state index contributed by atoms with van der Waals surface area (Å²) in [5, 5.41) is 9.15. The van der Waals surface area contributed by atoms with E-state index in [9.17, 15) is 9.59 Å². The van der Waals surface area contributed by atoms with Gasteiger partial charge < -0.3 is 5.11 Å². The van der Waals surface area contributed by atoms with Crippen LogP contribution in [-0.2, 0) is 24.1 Å². The molecule has 0 bridgehead atoms. The Labute approximate surface area is 126 Å². The Bertz CT molecular complexity index is 582. The van der Waals surface area contributed by atoms with E-state index in [1.165, 1.54) is 0 Å². The predicted molar refractivity (Wildman–Crippen MR) is 82.8 cm³/mol. The standard InChI is InChI=1S/C16H26N2O3/c1-7-12-11(9-14(19)20)13(8-2)18(15(21)17-12)10(3)16(4,5)6/h10H,7-9H2,1-6H3,(H,19,20). The molecule has 5 nitrogen and oxygen atoms in total. The van der Waals surface area contributed by atoms with Crippen molar-refractivity contribution in [3.63, 3.8) is 0 Å². The second-order valence-electron chi connectivity index (χ2n) is 6.46. The highest BCUT2D eigenvalue weighted by Gasteiger charge is 2.27. The molecule has 0 saturated heterocycles. The maximum Gasteiger partial charge on any atom is 0.348 e. The van der Waals surface area contributed by atoms with Crippen molar-refractivity contribution in [2.24, 2.45) is 5.41 Å². The third kappa shape index (κ3) is 3.71. The first-order valence-electron chi connectivity index (χ1n) is 7.48. The molecule has 0 fully saturated rings. The average Bonchev–Trinajstić information content (AvgIpc) is 2.37. The molecule has 1 N–H and O–H groups in total. The molecule has 0 saturated carbocycles. The van der Waals surface area contributed by atoms with Crippen LogP contribution >= 0.6 is 0 Å². The van der Waals surface area contributed by atoms with Crippen molar-refractivity contribution in [1.82, 2.24) is 9.55 Å². The summed E-state index contributed by atoms with van der Waals surface area (Å²) in [6.07, 6.45) is 1.10. The van der Waals surface area contributed by atoms with Crippen LogP contribution < -0.4 is 5.69 Å². The normalized spacial score (nSPS) is 13.2. The summed E-state index contributed by atoms with van der Waals surface area (Å²) in [5.41, 5.74) is 1.72. The second-order valence-corrected chi connectivity index (χ2v) is 6.46. The summed E-state index contributed by atoms with van der Waals surface area (Å²) in [5.74, 6) is -0.894. The smallest absolute Gasteiger partial charge is 0.348 e. The molecule has 0 amide bonds. The zero-order chi connectivity index (χ0) is 16.4. The highest BCUT2D eigenvalue weighted by molar-refractivity contribution is 5.71. The molecule has 1 aromatic rings. The van der Waals surface area contributed by atoms with Gasteiger partial charge in [0, 0.05) is 17.3 Å². The lowest BCUT2D eigenvalue weighted by Crippen LogP contribution is -2.37. The molecule has 1 unspecified atom stereocenters. The predicted octanol–water partition coefficient (Wildman–Crippen LogP) is 2.60. The molecule has 0 aliphatic heterocycles. The van der Waals surface area contributed by atoms with Crippen molar-refractivity contribution in [3.8, 4) is 0 Å². The van der Waals surface area contributed by atoms with E-state index in [2.05, 4.69) is 25.8 Å². The lowest BCUT2D eigenvalue weighted by atomic mass is 9.87. The Kier molecular flexibility index (Phi) is 5.31. The van der Waals surface area contributed by atoms with Crippen LogP contribution in [0, 0.1) is 5.41 Å². The van der Waals surface area contributed by atoms with Gasteiger partial charge in [0.05, 0.1) is 12.1 Å². The fraction of sp³-hybridized carbons (Fsp3) is 0.688. The van der Waals surface area contributed by atoms with Crippen LogP contribution in [0.2, 0.25) is 0 Å². The number of carbonyl (C=O) groups is 1. The van der Waals surface area contributed by atoms with Crippen molar-refractivity contribution in [2.45, 2.75) is 66.8 Å². The topological polar surface area (TPSA) is 72.2 Å². The Morgan fingerprint density at radius 3 is 2.24 bits per heavy atom. The Morgan fingerprint density at radius 1 is 1.29 bits per heavy atom. The van der Waals surface area contributed by atoms with Crippen molar-refractivity contribution in [3.05, 3.63) is 27.4 Å². The number of aryl methyl sites for hydroxylation is 1. The van der Waals surface area contributed by atoms with Crippen LogP contribution in [0.4, 0.5) is 0 Å². The fourth-order valence-electron chi connectivity index (χ4n) is 2.48. The molecule has 1 heterocycles. The summed E-state index contributed by atoms with van der Waals surface area (Å²) in [4.78, 5) is 27.7. The van der Waals surface area contributed by atoms with Gasteiger partial charge in [-0.3, -0.25) is 9.36 Å². The molecule has 1 atom stereocenters. The zero-order valence-corrected chi connectivity index (χ0v) is 13.9. The van der Waals surface area contributed by atoms with Crippen molar-refractivity contribution in [2.75, 3.05) is 0 Å². The maximum absolute atomic E-state index is 12.4. The molecule has 0 aromatic carbocycles. The third-order valence-electron chi connectivity index (χ3n) is 4.06. The van der Waals surface area contributed by atoms with Crippen LogP contribution in [0.15, 0.2) is 4.79 Å². The first-order valence-corrected chi connectivity index (χ1v) is 7.48. The SMILES string of the molecule is CCc1nc(=O)n(C(C)C(C)(C)C)c(CC)c1CC(=O)O. The largest absolute Gasteiger partial charge is 0.481 e.